The molecule has 0 spiro atoms. The molecular weight excluding hydrogens is 320 g/mol. The zero-order chi connectivity index (χ0) is 14.3. The van der Waals surface area contributed by atoms with Gasteiger partial charge in [0.25, 0.3) is 0 Å². The Labute approximate surface area is 126 Å². The molecule has 2 aromatic rings. The first-order valence-corrected chi connectivity index (χ1v) is 7.75. The average molecular weight is 339 g/mol. The van der Waals surface area contributed by atoms with Gasteiger partial charge in [-0.15, -0.1) is 0 Å². The van der Waals surface area contributed by atoms with Crippen LogP contribution in [-0.2, 0) is 6.54 Å². The first-order valence-electron chi connectivity index (χ1n) is 6.96. The molecule has 0 atom stereocenters. The van der Waals surface area contributed by atoms with Crippen LogP contribution < -0.4 is 0 Å². The van der Waals surface area contributed by atoms with Gasteiger partial charge in [0.15, 0.2) is 0 Å². The number of aliphatic hydroxyl groups is 1. The maximum Gasteiger partial charge on any atom is 0.235 e. The molecule has 20 heavy (non-hydrogen) atoms. The highest BCUT2D eigenvalue weighted by Gasteiger charge is 2.20. The minimum atomic E-state index is -0.137. The van der Waals surface area contributed by atoms with Crippen LogP contribution in [0.2, 0.25) is 0 Å². The molecule has 1 N–H and O–H groups in total. The monoisotopic (exact) mass is 338 g/mol. The molecule has 5 nitrogen and oxygen atoms in total. The smallest absolute Gasteiger partial charge is 0.235 e. The normalized spacial score (nSPS) is 18.0. The molecule has 0 saturated carbocycles. The summed E-state index contributed by atoms with van der Waals surface area (Å²) in [4.78, 5) is 11.5. The summed E-state index contributed by atoms with van der Waals surface area (Å²) < 4.78 is 3.03. The Balaban J connectivity index is 1.89. The molecule has 2 aromatic heterocycles. The highest BCUT2D eigenvalue weighted by atomic mass is 79.9. The van der Waals surface area contributed by atoms with Crippen molar-refractivity contribution in [1.82, 2.24) is 19.3 Å². The SMILES string of the molecule is Cc1cc(C)n2c(Br)c(CN3CCC(O)CC3)nc2n1. The third kappa shape index (κ3) is 2.60. The highest BCUT2D eigenvalue weighted by molar-refractivity contribution is 9.10. The summed E-state index contributed by atoms with van der Waals surface area (Å²) in [6.45, 7) is 6.70. The van der Waals surface area contributed by atoms with Crippen molar-refractivity contribution in [3.05, 3.63) is 27.8 Å². The number of rotatable bonds is 2. The predicted octanol–water partition coefficient (Wildman–Crippen LogP) is 2.07. The van der Waals surface area contributed by atoms with Crippen molar-refractivity contribution in [2.45, 2.75) is 39.3 Å². The van der Waals surface area contributed by atoms with Gasteiger partial charge < -0.3 is 5.11 Å². The van der Waals surface area contributed by atoms with Crippen molar-refractivity contribution in [2.24, 2.45) is 0 Å². The number of piperidine rings is 1. The van der Waals surface area contributed by atoms with Crippen LogP contribution in [0.5, 0.6) is 0 Å². The van der Waals surface area contributed by atoms with Crippen LogP contribution in [0.1, 0.15) is 29.9 Å². The summed E-state index contributed by atoms with van der Waals surface area (Å²) in [5, 5.41) is 9.56. The first kappa shape index (κ1) is 14.0. The standard InChI is InChI=1S/C14H19BrN4O/c1-9-7-10(2)19-13(15)12(17-14(19)16-9)8-18-5-3-11(20)4-6-18/h7,11,20H,3-6,8H2,1-2H3. The van der Waals surface area contributed by atoms with E-state index in [1.165, 1.54) is 0 Å². The molecule has 6 heteroatoms. The van der Waals surface area contributed by atoms with E-state index >= 15 is 0 Å². The van der Waals surface area contributed by atoms with E-state index in [9.17, 15) is 5.11 Å². The van der Waals surface area contributed by atoms with Gasteiger partial charge in [0.2, 0.25) is 5.78 Å². The van der Waals surface area contributed by atoms with Crippen LogP contribution in [0, 0.1) is 13.8 Å². The number of fused-ring (bicyclic) bond motifs is 1. The van der Waals surface area contributed by atoms with Crippen molar-refractivity contribution < 1.29 is 5.11 Å². The molecule has 0 aliphatic carbocycles. The number of aryl methyl sites for hydroxylation is 2. The maximum absolute atomic E-state index is 9.56. The minimum absolute atomic E-state index is 0.137. The molecule has 1 saturated heterocycles. The molecule has 1 aliphatic rings. The van der Waals surface area contributed by atoms with Gasteiger partial charge in [-0.3, -0.25) is 9.30 Å². The van der Waals surface area contributed by atoms with E-state index in [0.29, 0.717) is 0 Å². The second-order valence-electron chi connectivity index (χ2n) is 5.53. The van der Waals surface area contributed by atoms with E-state index in [1.54, 1.807) is 0 Å². The lowest BCUT2D eigenvalue weighted by molar-refractivity contribution is 0.0786. The van der Waals surface area contributed by atoms with Crippen LogP contribution in [-0.4, -0.2) is 43.6 Å². The number of hydrogen-bond acceptors (Lipinski definition) is 4. The fraction of sp³-hybridized carbons (Fsp3) is 0.571. The fourth-order valence-corrected chi connectivity index (χ4v) is 3.42. The number of hydrogen-bond donors (Lipinski definition) is 1. The lowest BCUT2D eigenvalue weighted by Gasteiger charge is -2.28. The largest absolute Gasteiger partial charge is 0.393 e. The van der Waals surface area contributed by atoms with Crippen LogP contribution in [0.3, 0.4) is 0 Å². The molecule has 3 heterocycles. The van der Waals surface area contributed by atoms with Crippen LogP contribution in [0.25, 0.3) is 5.78 Å². The Morgan fingerprint density at radius 2 is 2.00 bits per heavy atom. The fourth-order valence-electron chi connectivity index (χ4n) is 2.77. The van der Waals surface area contributed by atoms with E-state index in [0.717, 1.165) is 59.9 Å². The molecule has 0 aromatic carbocycles. The number of likely N-dealkylation sites (tertiary alicyclic amines) is 1. The molecular formula is C14H19BrN4O. The summed E-state index contributed by atoms with van der Waals surface area (Å²) in [7, 11) is 0. The maximum atomic E-state index is 9.56. The van der Waals surface area contributed by atoms with Crippen molar-refractivity contribution in [3.63, 3.8) is 0 Å². The van der Waals surface area contributed by atoms with E-state index in [4.69, 9.17) is 0 Å². The number of imidazole rings is 1. The third-order valence-corrected chi connectivity index (χ3v) is 4.66. The zero-order valence-corrected chi connectivity index (χ0v) is 13.4. The molecule has 3 rings (SSSR count). The Morgan fingerprint density at radius 1 is 1.30 bits per heavy atom. The second kappa shape index (κ2) is 5.42. The Hall–Kier alpha value is -0.980. The molecule has 0 amide bonds. The summed E-state index contributed by atoms with van der Waals surface area (Å²) in [5.41, 5.74) is 3.13. The zero-order valence-electron chi connectivity index (χ0n) is 11.8. The highest BCUT2D eigenvalue weighted by Crippen LogP contribution is 2.23. The van der Waals surface area contributed by atoms with Crippen LogP contribution in [0.15, 0.2) is 10.7 Å². The van der Waals surface area contributed by atoms with E-state index in [2.05, 4.69) is 43.8 Å². The number of aliphatic hydroxyl groups excluding tert-OH is 1. The Bertz CT molecular complexity index is 632. The first-order chi connectivity index (χ1) is 9.54. The van der Waals surface area contributed by atoms with Gasteiger partial charge in [0.05, 0.1) is 11.8 Å². The Morgan fingerprint density at radius 3 is 2.70 bits per heavy atom. The molecule has 0 bridgehead atoms. The average Bonchev–Trinajstić information content (AvgIpc) is 2.69. The number of aromatic nitrogens is 3. The predicted molar refractivity (Wildman–Crippen MR) is 80.7 cm³/mol. The minimum Gasteiger partial charge on any atom is -0.393 e. The molecule has 0 radical (unpaired) electrons. The van der Waals surface area contributed by atoms with E-state index in [1.807, 2.05) is 11.3 Å². The lowest BCUT2D eigenvalue weighted by atomic mass is 10.1. The lowest BCUT2D eigenvalue weighted by Crippen LogP contribution is -2.35. The van der Waals surface area contributed by atoms with Gasteiger partial charge >= 0.3 is 0 Å². The van der Waals surface area contributed by atoms with Crippen LogP contribution in [0.4, 0.5) is 0 Å². The molecule has 0 unspecified atom stereocenters. The van der Waals surface area contributed by atoms with Gasteiger partial charge in [-0.2, -0.15) is 0 Å². The van der Waals surface area contributed by atoms with Crippen molar-refractivity contribution >= 4 is 21.7 Å². The number of nitrogens with zero attached hydrogens (tertiary/aromatic N) is 4. The van der Waals surface area contributed by atoms with Crippen LogP contribution >= 0.6 is 15.9 Å². The van der Waals surface area contributed by atoms with E-state index < -0.39 is 0 Å². The van der Waals surface area contributed by atoms with E-state index in [-0.39, 0.29) is 6.10 Å². The van der Waals surface area contributed by atoms with Gasteiger partial charge in [0, 0.05) is 31.0 Å². The van der Waals surface area contributed by atoms with Crippen molar-refractivity contribution in [1.29, 1.82) is 0 Å². The summed E-state index contributed by atoms with van der Waals surface area (Å²) in [6, 6.07) is 2.06. The van der Waals surface area contributed by atoms with Gasteiger partial charge in [-0.1, -0.05) is 0 Å². The molecule has 1 fully saturated rings. The van der Waals surface area contributed by atoms with Crippen molar-refractivity contribution in [3.8, 4) is 0 Å². The number of halogens is 1. The second-order valence-corrected chi connectivity index (χ2v) is 6.28. The summed E-state index contributed by atoms with van der Waals surface area (Å²) >= 11 is 3.65. The quantitative estimate of drug-likeness (QED) is 0.910. The van der Waals surface area contributed by atoms with Crippen molar-refractivity contribution in [2.75, 3.05) is 13.1 Å². The van der Waals surface area contributed by atoms with Gasteiger partial charge in [-0.25, -0.2) is 9.97 Å². The summed E-state index contributed by atoms with van der Waals surface area (Å²) in [6.07, 6.45) is 1.56. The topological polar surface area (TPSA) is 53.7 Å². The third-order valence-electron chi connectivity index (χ3n) is 3.85. The summed E-state index contributed by atoms with van der Waals surface area (Å²) in [5.74, 6) is 0.751. The molecule has 1 aliphatic heterocycles. The Kier molecular flexibility index (Phi) is 3.79. The molecule has 108 valence electrons. The van der Waals surface area contributed by atoms with Gasteiger partial charge in [-0.05, 0) is 48.7 Å². The van der Waals surface area contributed by atoms with Gasteiger partial charge in [0.1, 0.15) is 4.60 Å².